The van der Waals surface area contributed by atoms with E-state index in [-0.39, 0.29) is 17.2 Å². The molecule has 18 heavy (non-hydrogen) atoms. The molecule has 0 spiro atoms. The van der Waals surface area contributed by atoms with Crippen LogP contribution in [0.1, 0.15) is 5.56 Å². The number of aryl methyl sites for hydroxylation is 1. The molecule has 1 aromatic rings. The lowest BCUT2D eigenvalue weighted by Gasteiger charge is -2.08. The smallest absolute Gasteiger partial charge is 0.240 e. The molecule has 0 amide bonds. The minimum absolute atomic E-state index is 0.0269. The Hall–Kier alpha value is -1.12. The third kappa shape index (κ3) is 4.28. The summed E-state index contributed by atoms with van der Waals surface area (Å²) in [5, 5.41) is 0. The maximum Gasteiger partial charge on any atom is 0.240 e. The number of nitrogen functional groups attached to an aromatic ring is 1. The molecule has 1 rings (SSSR count). The van der Waals surface area contributed by atoms with Crippen molar-refractivity contribution in [3.05, 3.63) is 23.8 Å². The van der Waals surface area contributed by atoms with Crippen LogP contribution in [0.25, 0.3) is 0 Å². The van der Waals surface area contributed by atoms with Gasteiger partial charge in [0.05, 0.1) is 10.6 Å². The van der Waals surface area contributed by atoms with Gasteiger partial charge in [-0.3, -0.25) is 0 Å². The van der Waals surface area contributed by atoms with Crippen LogP contribution in [0.5, 0.6) is 0 Å². The van der Waals surface area contributed by atoms with Gasteiger partial charge >= 0.3 is 0 Å². The molecular formula is C10H16N2O4S2. The predicted molar refractivity (Wildman–Crippen MR) is 70.5 cm³/mol. The Bertz CT molecular complexity index is 636. The zero-order valence-electron chi connectivity index (χ0n) is 10.2. The van der Waals surface area contributed by atoms with E-state index in [1.807, 2.05) is 0 Å². The van der Waals surface area contributed by atoms with Crippen LogP contribution in [0, 0.1) is 6.92 Å². The summed E-state index contributed by atoms with van der Waals surface area (Å²) < 4.78 is 47.7. The largest absolute Gasteiger partial charge is 0.398 e. The summed E-state index contributed by atoms with van der Waals surface area (Å²) in [6, 6.07) is 4.37. The fourth-order valence-corrected chi connectivity index (χ4v) is 2.90. The normalized spacial score (nSPS) is 12.6. The molecule has 0 aromatic heterocycles. The Morgan fingerprint density at radius 2 is 1.83 bits per heavy atom. The highest BCUT2D eigenvalue weighted by atomic mass is 32.2. The van der Waals surface area contributed by atoms with Crippen molar-refractivity contribution in [2.24, 2.45) is 0 Å². The van der Waals surface area contributed by atoms with Gasteiger partial charge in [-0.1, -0.05) is 6.07 Å². The Labute approximate surface area is 107 Å². The van der Waals surface area contributed by atoms with Crippen molar-refractivity contribution in [2.45, 2.75) is 11.8 Å². The summed E-state index contributed by atoms with van der Waals surface area (Å²) >= 11 is 0. The molecule has 0 heterocycles. The molecule has 3 N–H and O–H groups in total. The van der Waals surface area contributed by atoms with E-state index < -0.39 is 19.9 Å². The summed E-state index contributed by atoms with van der Waals surface area (Å²) in [6.45, 7) is 1.61. The van der Waals surface area contributed by atoms with Crippen molar-refractivity contribution in [1.29, 1.82) is 0 Å². The number of benzene rings is 1. The van der Waals surface area contributed by atoms with Crippen molar-refractivity contribution < 1.29 is 16.8 Å². The average Bonchev–Trinajstić information content (AvgIpc) is 2.19. The van der Waals surface area contributed by atoms with Gasteiger partial charge in [0.25, 0.3) is 0 Å². The van der Waals surface area contributed by atoms with Crippen LogP contribution in [0.3, 0.4) is 0 Å². The van der Waals surface area contributed by atoms with E-state index in [9.17, 15) is 16.8 Å². The number of rotatable bonds is 5. The van der Waals surface area contributed by atoms with Crippen LogP contribution >= 0.6 is 0 Å². The van der Waals surface area contributed by atoms with Gasteiger partial charge < -0.3 is 5.73 Å². The summed E-state index contributed by atoms with van der Waals surface area (Å²) in [6.07, 6.45) is 1.05. The Morgan fingerprint density at radius 1 is 1.22 bits per heavy atom. The minimum Gasteiger partial charge on any atom is -0.398 e. The third-order valence-electron chi connectivity index (χ3n) is 2.33. The SMILES string of the molecule is Cc1ccc(S(=O)(=O)NCCS(C)(=O)=O)cc1N. The molecular weight excluding hydrogens is 276 g/mol. The fourth-order valence-electron chi connectivity index (χ4n) is 1.23. The molecule has 0 bridgehead atoms. The number of nitrogens with one attached hydrogen (secondary N) is 1. The fraction of sp³-hybridized carbons (Fsp3) is 0.400. The second-order valence-electron chi connectivity index (χ2n) is 4.05. The second-order valence-corrected chi connectivity index (χ2v) is 8.07. The molecule has 0 saturated heterocycles. The van der Waals surface area contributed by atoms with Gasteiger partial charge in [0, 0.05) is 18.5 Å². The van der Waals surface area contributed by atoms with Crippen molar-refractivity contribution in [2.75, 3.05) is 24.3 Å². The molecule has 102 valence electrons. The molecule has 0 unspecified atom stereocenters. The first-order valence-electron chi connectivity index (χ1n) is 5.15. The van der Waals surface area contributed by atoms with Gasteiger partial charge in [-0.2, -0.15) is 0 Å². The third-order valence-corrected chi connectivity index (χ3v) is 4.73. The van der Waals surface area contributed by atoms with Crippen LogP contribution in [0.4, 0.5) is 5.69 Å². The Balaban J connectivity index is 2.84. The van der Waals surface area contributed by atoms with E-state index in [4.69, 9.17) is 5.73 Å². The Kier molecular flexibility index (Phi) is 4.36. The van der Waals surface area contributed by atoms with Gasteiger partial charge in [-0.15, -0.1) is 0 Å². The molecule has 6 nitrogen and oxygen atoms in total. The van der Waals surface area contributed by atoms with Gasteiger partial charge in [0.15, 0.2) is 0 Å². The second kappa shape index (κ2) is 5.25. The highest BCUT2D eigenvalue weighted by molar-refractivity contribution is 7.91. The highest BCUT2D eigenvalue weighted by Crippen LogP contribution is 2.16. The monoisotopic (exact) mass is 292 g/mol. The predicted octanol–water partition coefficient (Wildman–Crippen LogP) is -0.0999. The van der Waals surface area contributed by atoms with Gasteiger partial charge in [0.2, 0.25) is 10.0 Å². The standard InChI is InChI=1S/C10H16N2O4S2/c1-8-3-4-9(7-10(8)11)18(15,16)12-5-6-17(2,13)14/h3-4,7,12H,5-6,11H2,1-2H3. The van der Waals surface area contributed by atoms with E-state index in [1.165, 1.54) is 12.1 Å². The maximum atomic E-state index is 11.8. The lowest BCUT2D eigenvalue weighted by Crippen LogP contribution is -2.29. The molecule has 0 aliphatic rings. The first-order chi connectivity index (χ1) is 8.12. The zero-order valence-corrected chi connectivity index (χ0v) is 11.8. The van der Waals surface area contributed by atoms with Crippen LogP contribution in [0.2, 0.25) is 0 Å². The molecule has 1 aromatic carbocycles. The lowest BCUT2D eigenvalue weighted by molar-refractivity contribution is 0.582. The average molecular weight is 292 g/mol. The highest BCUT2D eigenvalue weighted by Gasteiger charge is 2.15. The molecule has 0 radical (unpaired) electrons. The van der Waals surface area contributed by atoms with Crippen molar-refractivity contribution >= 4 is 25.5 Å². The lowest BCUT2D eigenvalue weighted by atomic mass is 10.2. The first kappa shape index (κ1) is 14.9. The van der Waals surface area contributed by atoms with Crippen molar-refractivity contribution in [3.8, 4) is 0 Å². The number of sulfonamides is 1. The minimum atomic E-state index is -3.72. The molecule has 0 atom stereocenters. The quantitative estimate of drug-likeness (QED) is 0.737. The van der Waals surface area contributed by atoms with Crippen molar-refractivity contribution in [3.63, 3.8) is 0 Å². The number of anilines is 1. The number of hydrogen-bond donors (Lipinski definition) is 2. The van der Waals surface area contributed by atoms with Crippen molar-refractivity contribution in [1.82, 2.24) is 4.72 Å². The van der Waals surface area contributed by atoms with E-state index >= 15 is 0 Å². The summed E-state index contributed by atoms with van der Waals surface area (Å²) in [5.41, 5.74) is 6.79. The van der Waals surface area contributed by atoms with E-state index in [1.54, 1.807) is 13.0 Å². The van der Waals surface area contributed by atoms with Crippen LogP contribution < -0.4 is 10.5 Å². The van der Waals surface area contributed by atoms with Gasteiger partial charge in [-0.25, -0.2) is 21.6 Å². The van der Waals surface area contributed by atoms with Crippen LogP contribution in [0.15, 0.2) is 23.1 Å². The Morgan fingerprint density at radius 3 is 2.33 bits per heavy atom. The maximum absolute atomic E-state index is 11.8. The van der Waals surface area contributed by atoms with Crippen LogP contribution in [-0.4, -0.2) is 35.4 Å². The summed E-state index contributed by atoms with van der Waals surface area (Å²) in [5.74, 6) is -0.242. The van der Waals surface area contributed by atoms with Gasteiger partial charge in [-0.05, 0) is 24.6 Å². The van der Waals surface area contributed by atoms with Crippen LogP contribution in [-0.2, 0) is 19.9 Å². The van der Waals surface area contributed by atoms with E-state index in [2.05, 4.69) is 4.72 Å². The van der Waals surface area contributed by atoms with E-state index in [0.717, 1.165) is 11.8 Å². The number of hydrogen-bond acceptors (Lipinski definition) is 5. The number of nitrogens with two attached hydrogens (primary N) is 1. The van der Waals surface area contributed by atoms with E-state index in [0.29, 0.717) is 5.69 Å². The number of sulfone groups is 1. The molecule has 0 aliphatic heterocycles. The molecule has 8 heteroatoms. The zero-order chi connectivity index (χ0) is 14.0. The van der Waals surface area contributed by atoms with Gasteiger partial charge in [0.1, 0.15) is 9.84 Å². The summed E-state index contributed by atoms with van der Waals surface area (Å²) in [4.78, 5) is 0.0269. The molecule has 0 aliphatic carbocycles. The molecule has 0 saturated carbocycles. The first-order valence-corrected chi connectivity index (χ1v) is 8.70. The summed E-state index contributed by atoms with van der Waals surface area (Å²) in [7, 11) is -6.91. The topological polar surface area (TPSA) is 106 Å². The molecule has 0 fully saturated rings.